The molecule has 0 saturated carbocycles. The topological polar surface area (TPSA) is 87.7 Å². The summed E-state index contributed by atoms with van der Waals surface area (Å²) in [5, 5.41) is 5.79. The smallest absolute Gasteiger partial charge is 0.410 e. The van der Waals surface area contributed by atoms with E-state index >= 15 is 0 Å². The molecule has 0 radical (unpaired) electrons. The third-order valence-electron chi connectivity index (χ3n) is 5.30. The molecule has 7 heteroatoms. The van der Waals surface area contributed by atoms with E-state index in [2.05, 4.69) is 17.6 Å². The van der Waals surface area contributed by atoms with Gasteiger partial charge < -0.3 is 15.4 Å². The molecule has 1 aromatic rings. The van der Waals surface area contributed by atoms with Crippen molar-refractivity contribution in [2.24, 2.45) is 0 Å². The third kappa shape index (κ3) is 7.04. The predicted octanol–water partition coefficient (Wildman–Crippen LogP) is 3.20. The van der Waals surface area contributed by atoms with Gasteiger partial charge in [0.2, 0.25) is 11.8 Å². The molecular formula is C23H35N3O4. The molecule has 1 aliphatic heterocycles. The Bertz CT molecular complexity index is 730. The van der Waals surface area contributed by atoms with Crippen LogP contribution in [0.4, 0.5) is 4.79 Å². The maximum atomic E-state index is 12.5. The zero-order valence-electron chi connectivity index (χ0n) is 18.7. The summed E-state index contributed by atoms with van der Waals surface area (Å²) in [6.07, 6.45) is 1.08. The Morgan fingerprint density at radius 2 is 1.83 bits per heavy atom. The summed E-state index contributed by atoms with van der Waals surface area (Å²) in [5.74, 6) is -0.163. The van der Waals surface area contributed by atoms with Crippen molar-refractivity contribution in [3.8, 4) is 0 Å². The first-order valence-corrected chi connectivity index (χ1v) is 10.7. The van der Waals surface area contributed by atoms with Crippen LogP contribution in [0.25, 0.3) is 0 Å². The number of amides is 3. The SMILES string of the molecule is C[C@H](NC(=O)CCNC(=O)[C@H]1CCCN1C(=O)OC(C)(C)C)[C@@H](C)c1ccccc1. The van der Waals surface area contributed by atoms with E-state index < -0.39 is 17.7 Å². The maximum absolute atomic E-state index is 12.5. The molecule has 0 aromatic heterocycles. The number of benzene rings is 1. The number of carbonyl (C=O) groups is 3. The summed E-state index contributed by atoms with van der Waals surface area (Å²) >= 11 is 0. The second-order valence-electron chi connectivity index (χ2n) is 8.93. The van der Waals surface area contributed by atoms with Crippen LogP contribution < -0.4 is 10.6 Å². The van der Waals surface area contributed by atoms with Gasteiger partial charge >= 0.3 is 6.09 Å². The molecule has 0 aliphatic carbocycles. The number of carbonyl (C=O) groups excluding carboxylic acids is 3. The van der Waals surface area contributed by atoms with Crippen LogP contribution in [0.3, 0.4) is 0 Å². The second kappa shape index (κ2) is 10.5. The van der Waals surface area contributed by atoms with E-state index in [1.807, 2.05) is 37.3 Å². The Labute approximate surface area is 179 Å². The van der Waals surface area contributed by atoms with Crippen molar-refractivity contribution in [1.82, 2.24) is 15.5 Å². The number of likely N-dealkylation sites (tertiary alicyclic amines) is 1. The lowest BCUT2D eigenvalue weighted by molar-refractivity contribution is -0.125. The van der Waals surface area contributed by atoms with Crippen LogP contribution >= 0.6 is 0 Å². The normalized spacial score (nSPS) is 18.4. The van der Waals surface area contributed by atoms with Crippen LogP contribution in [0.2, 0.25) is 0 Å². The summed E-state index contributed by atoms with van der Waals surface area (Å²) in [4.78, 5) is 38.6. The first kappa shape index (κ1) is 23.7. The Balaban J connectivity index is 1.76. The van der Waals surface area contributed by atoms with Crippen LogP contribution in [-0.2, 0) is 14.3 Å². The summed E-state index contributed by atoms with van der Waals surface area (Å²) < 4.78 is 5.39. The first-order valence-electron chi connectivity index (χ1n) is 10.7. The molecule has 3 amide bonds. The highest BCUT2D eigenvalue weighted by Crippen LogP contribution is 2.21. The van der Waals surface area contributed by atoms with Gasteiger partial charge in [-0.2, -0.15) is 0 Å². The van der Waals surface area contributed by atoms with Crippen molar-refractivity contribution in [3.63, 3.8) is 0 Å². The van der Waals surface area contributed by atoms with Crippen molar-refractivity contribution < 1.29 is 19.1 Å². The van der Waals surface area contributed by atoms with Gasteiger partial charge in [0.15, 0.2) is 0 Å². The predicted molar refractivity (Wildman–Crippen MR) is 116 cm³/mol. The highest BCUT2D eigenvalue weighted by atomic mass is 16.6. The number of hydrogen-bond acceptors (Lipinski definition) is 4. The molecule has 1 saturated heterocycles. The molecule has 1 fully saturated rings. The molecule has 166 valence electrons. The highest BCUT2D eigenvalue weighted by molar-refractivity contribution is 5.86. The standard InChI is InChI=1S/C23H35N3O4/c1-16(18-10-7-6-8-11-18)17(2)25-20(27)13-14-24-21(28)19-12-9-15-26(19)22(29)30-23(3,4)5/h6-8,10-11,16-17,19H,9,12-15H2,1-5H3,(H,24,28)(H,25,27)/t16-,17+,19-/m1/s1. The number of ether oxygens (including phenoxy) is 1. The lowest BCUT2D eigenvalue weighted by atomic mass is 9.94. The van der Waals surface area contributed by atoms with E-state index in [1.165, 1.54) is 10.5 Å². The average molecular weight is 418 g/mol. The van der Waals surface area contributed by atoms with Gasteiger partial charge in [-0.05, 0) is 46.1 Å². The van der Waals surface area contributed by atoms with E-state index in [0.717, 1.165) is 6.42 Å². The van der Waals surface area contributed by atoms with Gasteiger partial charge in [-0.25, -0.2) is 4.79 Å². The molecule has 0 unspecified atom stereocenters. The monoisotopic (exact) mass is 417 g/mol. The molecule has 30 heavy (non-hydrogen) atoms. The molecule has 0 bridgehead atoms. The summed E-state index contributed by atoms with van der Waals surface area (Å²) in [7, 11) is 0. The maximum Gasteiger partial charge on any atom is 0.410 e. The minimum absolute atomic E-state index is 0.0203. The second-order valence-corrected chi connectivity index (χ2v) is 8.93. The van der Waals surface area contributed by atoms with Crippen molar-refractivity contribution in [3.05, 3.63) is 35.9 Å². The molecule has 1 aromatic carbocycles. The molecular weight excluding hydrogens is 382 g/mol. The third-order valence-corrected chi connectivity index (χ3v) is 5.30. The summed E-state index contributed by atoms with van der Waals surface area (Å²) in [5.41, 5.74) is 0.564. The van der Waals surface area contributed by atoms with Crippen LogP contribution in [0.5, 0.6) is 0 Å². The minimum atomic E-state index is -0.605. The first-order chi connectivity index (χ1) is 14.1. The van der Waals surface area contributed by atoms with Crippen molar-refractivity contribution in [1.29, 1.82) is 0 Å². The molecule has 1 heterocycles. The van der Waals surface area contributed by atoms with E-state index in [0.29, 0.717) is 13.0 Å². The van der Waals surface area contributed by atoms with Gasteiger partial charge in [-0.1, -0.05) is 37.3 Å². The minimum Gasteiger partial charge on any atom is -0.444 e. The molecule has 3 atom stereocenters. The molecule has 2 N–H and O–H groups in total. The summed E-state index contributed by atoms with van der Waals surface area (Å²) in [6, 6.07) is 9.47. The van der Waals surface area contributed by atoms with Crippen molar-refractivity contribution in [2.75, 3.05) is 13.1 Å². The van der Waals surface area contributed by atoms with Crippen LogP contribution in [0.15, 0.2) is 30.3 Å². The quantitative estimate of drug-likeness (QED) is 0.713. The lowest BCUT2D eigenvalue weighted by Crippen LogP contribution is -2.48. The number of rotatable bonds is 7. The van der Waals surface area contributed by atoms with Crippen LogP contribution in [0.1, 0.15) is 65.4 Å². The Kier molecular flexibility index (Phi) is 8.26. The van der Waals surface area contributed by atoms with Gasteiger partial charge in [-0.3, -0.25) is 14.5 Å². The fourth-order valence-electron chi connectivity index (χ4n) is 3.49. The van der Waals surface area contributed by atoms with Crippen molar-refractivity contribution in [2.45, 2.75) is 77.5 Å². The van der Waals surface area contributed by atoms with Crippen LogP contribution in [0, 0.1) is 0 Å². The molecule has 0 spiro atoms. The zero-order chi connectivity index (χ0) is 22.3. The highest BCUT2D eigenvalue weighted by Gasteiger charge is 2.36. The van der Waals surface area contributed by atoms with E-state index in [9.17, 15) is 14.4 Å². The summed E-state index contributed by atoms with van der Waals surface area (Å²) in [6.45, 7) is 10.2. The van der Waals surface area contributed by atoms with E-state index in [1.54, 1.807) is 20.8 Å². The largest absolute Gasteiger partial charge is 0.444 e. The van der Waals surface area contributed by atoms with E-state index in [-0.39, 0.29) is 36.7 Å². The Hall–Kier alpha value is -2.57. The van der Waals surface area contributed by atoms with Gasteiger partial charge in [-0.15, -0.1) is 0 Å². The van der Waals surface area contributed by atoms with Gasteiger partial charge in [0, 0.05) is 31.5 Å². The fraction of sp³-hybridized carbons (Fsp3) is 0.609. The van der Waals surface area contributed by atoms with Crippen LogP contribution in [-0.4, -0.2) is 53.6 Å². The average Bonchev–Trinajstić information content (AvgIpc) is 3.17. The Morgan fingerprint density at radius 1 is 1.17 bits per heavy atom. The fourth-order valence-corrected chi connectivity index (χ4v) is 3.49. The van der Waals surface area contributed by atoms with Gasteiger partial charge in [0.1, 0.15) is 11.6 Å². The zero-order valence-corrected chi connectivity index (χ0v) is 18.7. The molecule has 1 aliphatic rings. The number of nitrogens with zero attached hydrogens (tertiary/aromatic N) is 1. The van der Waals surface area contributed by atoms with Gasteiger partial charge in [0.25, 0.3) is 0 Å². The molecule has 2 rings (SSSR count). The number of hydrogen-bond donors (Lipinski definition) is 2. The van der Waals surface area contributed by atoms with E-state index in [4.69, 9.17) is 4.74 Å². The van der Waals surface area contributed by atoms with Gasteiger partial charge in [0.05, 0.1) is 0 Å². The lowest BCUT2D eigenvalue weighted by Gasteiger charge is -2.28. The van der Waals surface area contributed by atoms with Crippen molar-refractivity contribution >= 4 is 17.9 Å². The Morgan fingerprint density at radius 3 is 2.47 bits per heavy atom. The molecule has 7 nitrogen and oxygen atoms in total. The number of nitrogens with one attached hydrogen (secondary N) is 2.